The van der Waals surface area contributed by atoms with Crippen molar-refractivity contribution in [2.45, 2.75) is 44.9 Å². The van der Waals surface area contributed by atoms with E-state index < -0.39 is 0 Å². The third-order valence-electron chi connectivity index (χ3n) is 3.51. The van der Waals surface area contributed by atoms with E-state index in [-0.39, 0.29) is 0 Å². The van der Waals surface area contributed by atoms with Gasteiger partial charge >= 0.3 is 0 Å². The number of H-pyrrole nitrogens is 1. The fourth-order valence-electron chi connectivity index (χ4n) is 2.75. The topological polar surface area (TPSA) is 46.1 Å². The minimum absolute atomic E-state index is 0.383. The minimum atomic E-state index is 0.383. The molecule has 3 rings (SSSR count). The van der Waals surface area contributed by atoms with Crippen LogP contribution >= 0.6 is 12.2 Å². The van der Waals surface area contributed by atoms with Crippen molar-refractivity contribution in [1.29, 1.82) is 0 Å². The van der Waals surface area contributed by atoms with Crippen LogP contribution in [0.15, 0.2) is 0 Å². The Hall–Kier alpha value is -0.880. The Morgan fingerprint density at radius 3 is 2.76 bits per heavy atom. The van der Waals surface area contributed by atoms with Crippen LogP contribution in [-0.2, 0) is 11.3 Å². The zero-order chi connectivity index (χ0) is 11.8. The normalized spacial score (nSPS) is 27.7. The largest absolute Gasteiger partial charge is 0.371 e. The van der Waals surface area contributed by atoms with E-state index in [2.05, 4.69) is 26.6 Å². The molecular weight excluding hydrogens is 236 g/mol. The lowest BCUT2D eigenvalue weighted by atomic mass is 10.2. The highest BCUT2D eigenvalue weighted by molar-refractivity contribution is 7.71. The van der Waals surface area contributed by atoms with Crippen molar-refractivity contribution in [3.8, 4) is 0 Å². The maximum absolute atomic E-state index is 5.84. The highest BCUT2D eigenvalue weighted by Gasteiger charge is 2.35. The molecule has 17 heavy (non-hydrogen) atoms. The van der Waals surface area contributed by atoms with Crippen molar-refractivity contribution in [3.63, 3.8) is 0 Å². The van der Waals surface area contributed by atoms with Gasteiger partial charge in [0.1, 0.15) is 0 Å². The van der Waals surface area contributed by atoms with Crippen molar-refractivity contribution < 1.29 is 4.74 Å². The van der Waals surface area contributed by atoms with Gasteiger partial charge in [0.25, 0.3) is 0 Å². The Kier molecular flexibility index (Phi) is 2.92. The van der Waals surface area contributed by atoms with Gasteiger partial charge < -0.3 is 9.64 Å². The monoisotopic (exact) mass is 254 g/mol. The molecule has 2 bridgehead atoms. The number of nitrogens with zero attached hydrogens (tertiary/aromatic N) is 3. The zero-order valence-electron chi connectivity index (χ0n) is 10.1. The molecule has 6 heteroatoms. The standard InChI is InChI=1S/C11H18N4OS/c1-2-5-15-10(12-13-11(15)17)14-6-8-3-4-9(7-14)16-8/h8-9H,2-7H2,1H3,(H,13,17). The van der Waals surface area contributed by atoms with Gasteiger partial charge in [0.05, 0.1) is 12.2 Å². The first-order chi connectivity index (χ1) is 8.28. The zero-order valence-corrected chi connectivity index (χ0v) is 10.9. The van der Waals surface area contributed by atoms with Crippen molar-refractivity contribution in [3.05, 3.63) is 4.77 Å². The Morgan fingerprint density at radius 2 is 2.12 bits per heavy atom. The number of hydrogen-bond acceptors (Lipinski definition) is 4. The summed E-state index contributed by atoms with van der Waals surface area (Å²) in [6.07, 6.45) is 4.20. The van der Waals surface area contributed by atoms with Gasteiger partial charge in [0, 0.05) is 19.6 Å². The summed E-state index contributed by atoms with van der Waals surface area (Å²) in [5, 5.41) is 7.27. The van der Waals surface area contributed by atoms with Crippen LogP contribution in [0.2, 0.25) is 0 Å². The lowest BCUT2D eigenvalue weighted by molar-refractivity contribution is 0.0297. The average Bonchev–Trinajstić information content (AvgIpc) is 2.84. The smallest absolute Gasteiger partial charge is 0.225 e. The molecule has 0 aliphatic carbocycles. The SMILES string of the molecule is CCCn1c(N2CC3CCC(C2)O3)n[nH]c1=S. The van der Waals surface area contributed by atoms with E-state index in [0.717, 1.165) is 36.8 Å². The number of fused-ring (bicyclic) bond motifs is 2. The number of ether oxygens (including phenoxy) is 1. The maximum atomic E-state index is 5.84. The van der Waals surface area contributed by atoms with Crippen molar-refractivity contribution >= 4 is 18.2 Å². The van der Waals surface area contributed by atoms with Crippen molar-refractivity contribution in [2.24, 2.45) is 0 Å². The van der Waals surface area contributed by atoms with E-state index in [1.54, 1.807) is 0 Å². The molecule has 2 saturated heterocycles. The van der Waals surface area contributed by atoms with Crippen LogP contribution < -0.4 is 4.90 Å². The number of morpholine rings is 1. The number of aromatic amines is 1. The molecule has 2 fully saturated rings. The van der Waals surface area contributed by atoms with Gasteiger partial charge in [0.15, 0.2) is 4.77 Å². The molecule has 2 aliphatic heterocycles. The van der Waals surface area contributed by atoms with Gasteiger partial charge in [-0.25, -0.2) is 5.10 Å². The van der Waals surface area contributed by atoms with Crippen molar-refractivity contribution in [1.82, 2.24) is 14.8 Å². The Balaban J connectivity index is 1.86. The maximum Gasteiger partial charge on any atom is 0.225 e. The Bertz CT molecular complexity index is 443. The summed E-state index contributed by atoms with van der Waals surface area (Å²) in [7, 11) is 0. The second-order valence-electron chi connectivity index (χ2n) is 4.84. The van der Waals surface area contributed by atoms with Crippen LogP contribution in [-0.4, -0.2) is 40.1 Å². The summed E-state index contributed by atoms with van der Waals surface area (Å²) in [6, 6.07) is 0. The molecule has 94 valence electrons. The van der Waals surface area contributed by atoms with Gasteiger partial charge in [-0.2, -0.15) is 0 Å². The van der Waals surface area contributed by atoms with E-state index in [9.17, 15) is 0 Å². The summed E-state index contributed by atoms with van der Waals surface area (Å²) < 4.78 is 8.66. The number of hydrogen-bond donors (Lipinski definition) is 1. The molecule has 1 N–H and O–H groups in total. The summed E-state index contributed by atoms with van der Waals surface area (Å²) in [4.78, 5) is 2.31. The predicted octanol–water partition coefficient (Wildman–Crippen LogP) is 1.72. The Labute approximate surface area is 106 Å². The van der Waals surface area contributed by atoms with E-state index in [1.807, 2.05) is 0 Å². The second kappa shape index (κ2) is 4.42. The van der Waals surface area contributed by atoms with Crippen LogP contribution in [0.25, 0.3) is 0 Å². The molecule has 2 atom stereocenters. The van der Waals surface area contributed by atoms with Crippen LogP contribution in [0.5, 0.6) is 0 Å². The molecule has 2 unspecified atom stereocenters. The lowest BCUT2D eigenvalue weighted by Crippen LogP contribution is -2.43. The van der Waals surface area contributed by atoms with E-state index in [0.29, 0.717) is 12.2 Å². The molecule has 2 aliphatic rings. The lowest BCUT2D eigenvalue weighted by Gasteiger charge is -2.32. The van der Waals surface area contributed by atoms with E-state index in [1.165, 1.54) is 12.8 Å². The van der Waals surface area contributed by atoms with Crippen LogP contribution in [0.4, 0.5) is 5.95 Å². The molecule has 0 aromatic carbocycles. The first-order valence-corrected chi connectivity index (χ1v) is 6.74. The van der Waals surface area contributed by atoms with Crippen LogP contribution in [0, 0.1) is 4.77 Å². The molecule has 1 aromatic rings. The molecular formula is C11H18N4OS. The van der Waals surface area contributed by atoms with Crippen molar-refractivity contribution in [2.75, 3.05) is 18.0 Å². The summed E-state index contributed by atoms with van der Waals surface area (Å²) >= 11 is 5.27. The number of aromatic nitrogens is 3. The molecule has 0 spiro atoms. The fourth-order valence-corrected chi connectivity index (χ4v) is 2.97. The molecule has 0 radical (unpaired) electrons. The highest BCUT2D eigenvalue weighted by atomic mass is 32.1. The van der Waals surface area contributed by atoms with E-state index >= 15 is 0 Å². The number of anilines is 1. The summed E-state index contributed by atoms with van der Waals surface area (Å²) in [6.45, 7) is 4.97. The van der Waals surface area contributed by atoms with Gasteiger partial charge in [-0.1, -0.05) is 6.92 Å². The fraction of sp³-hybridized carbons (Fsp3) is 0.818. The molecule has 3 heterocycles. The minimum Gasteiger partial charge on any atom is -0.371 e. The quantitative estimate of drug-likeness (QED) is 0.834. The number of rotatable bonds is 3. The second-order valence-corrected chi connectivity index (χ2v) is 5.23. The average molecular weight is 254 g/mol. The molecule has 0 saturated carbocycles. The first-order valence-electron chi connectivity index (χ1n) is 6.33. The van der Waals surface area contributed by atoms with Gasteiger partial charge in [-0.05, 0) is 31.5 Å². The third-order valence-corrected chi connectivity index (χ3v) is 3.82. The highest BCUT2D eigenvalue weighted by Crippen LogP contribution is 2.28. The van der Waals surface area contributed by atoms with Gasteiger partial charge in [-0.15, -0.1) is 5.10 Å². The Morgan fingerprint density at radius 1 is 1.41 bits per heavy atom. The van der Waals surface area contributed by atoms with Gasteiger partial charge in [-0.3, -0.25) is 4.57 Å². The third kappa shape index (κ3) is 1.99. The first kappa shape index (κ1) is 11.2. The summed E-state index contributed by atoms with van der Waals surface area (Å²) in [5.41, 5.74) is 0. The number of nitrogens with one attached hydrogen (secondary N) is 1. The van der Waals surface area contributed by atoms with Gasteiger partial charge in [0.2, 0.25) is 5.95 Å². The summed E-state index contributed by atoms with van der Waals surface area (Å²) in [5.74, 6) is 0.983. The predicted molar refractivity (Wildman–Crippen MR) is 67.8 cm³/mol. The van der Waals surface area contributed by atoms with E-state index in [4.69, 9.17) is 17.0 Å². The molecule has 0 amide bonds. The molecule has 5 nitrogen and oxygen atoms in total. The van der Waals surface area contributed by atoms with Crippen LogP contribution in [0.1, 0.15) is 26.2 Å². The van der Waals surface area contributed by atoms with Crippen LogP contribution in [0.3, 0.4) is 0 Å². The molecule has 1 aromatic heterocycles.